The highest BCUT2D eigenvalue weighted by Crippen LogP contribution is 2.31. The molecule has 0 saturated heterocycles. The molecule has 5 nitrogen and oxygen atoms in total. The summed E-state index contributed by atoms with van der Waals surface area (Å²) in [5.41, 5.74) is 5.89. The van der Waals surface area contributed by atoms with Gasteiger partial charge in [0.1, 0.15) is 16.9 Å². The van der Waals surface area contributed by atoms with Crippen molar-refractivity contribution < 1.29 is 14.5 Å². The van der Waals surface area contributed by atoms with Gasteiger partial charge in [-0.3, -0.25) is 5.73 Å². The number of nitrogen functional groups attached to an aromatic ring is 1. The maximum atomic E-state index is 11.9. The van der Waals surface area contributed by atoms with Crippen LogP contribution in [0.2, 0.25) is 0 Å². The van der Waals surface area contributed by atoms with Gasteiger partial charge in [0.15, 0.2) is 5.69 Å². The Labute approximate surface area is 105 Å². The van der Waals surface area contributed by atoms with Gasteiger partial charge < -0.3 is 9.52 Å². The quantitative estimate of drug-likeness (QED) is 0.651. The molecule has 0 radical (unpaired) electrons. The molecule has 4 N–H and O–H groups in total. The maximum absolute atomic E-state index is 11.9. The summed E-state index contributed by atoms with van der Waals surface area (Å²) in [5.74, 6) is -0.101. The van der Waals surface area contributed by atoms with Crippen molar-refractivity contribution in [1.82, 2.24) is 0 Å². The number of nitrogens with two attached hydrogens (primary N) is 1. The summed E-state index contributed by atoms with van der Waals surface area (Å²) < 4.78 is 5.17. The Balaban J connectivity index is 2.39. The second-order valence-electron chi connectivity index (χ2n) is 3.75. The number of benzene rings is 1. The van der Waals surface area contributed by atoms with Crippen molar-refractivity contribution in [3.63, 3.8) is 0 Å². The third-order valence-corrected chi connectivity index (χ3v) is 3.33. The molecule has 0 atom stereocenters. The standard InChI is InChI=1S/C12H8N2O3S/c13-12-14-7(5-18-12)9-10(15)6-3-1-2-4-8(6)17-11(9)16/h1-5,15H,(H2,13,14)/p+1. The van der Waals surface area contributed by atoms with Crippen molar-refractivity contribution in [2.75, 3.05) is 5.73 Å². The molecule has 0 bridgehead atoms. The zero-order chi connectivity index (χ0) is 12.7. The minimum atomic E-state index is -0.597. The van der Waals surface area contributed by atoms with Crippen molar-refractivity contribution in [3.8, 4) is 17.0 Å². The highest BCUT2D eigenvalue weighted by molar-refractivity contribution is 7.13. The van der Waals surface area contributed by atoms with Gasteiger partial charge in [-0.15, -0.1) is 0 Å². The zero-order valence-corrected chi connectivity index (χ0v) is 9.95. The fourth-order valence-electron chi connectivity index (χ4n) is 1.81. The normalized spacial score (nSPS) is 10.9. The molecular formula is C12H9N2O3S+. The first kappa shape index (κ1) is 10.8. The average molecular weight is 261 g/mol. The molecule has 90 valence electrons. The lowest BCUT2D eigenvalue weighted by Gasteiger charge is -2.02. The number of anilines is 1. The molecule has 0 spiro atoms. The first-order chi connectivity index (χ1) is 8.66. The van der Waals surface area contributed by atoms with E-state index in [1.54, 1.807) is 29.6 Å². The Morgan fingerprint density at radius 1 is 1.33 bits per heavy atom. The topological polar surface area (TPSA) is 90.6 Å². The summed E-state index contributed by atoms with van der Waals surface area (Å²) in [6.45, 7) is 0. The van der Waals surface area contributed by atoms with Crippen molar-refractivity contribution >= 4 is 27.4 Å². The van der Waals surface area contributed by atoms with Gasteiger partial charge in [0.05, 0.1) is 5.39 Å². The number of thiazole rings is 1. The number of para-hydroxylation sites is 1. The van der Waals surface area contributed by atoms with Crippen LogP contribution in [-0.2, 0) is 0 Å². The minimum Gasteiger partial charge on any atom is -0.506 e. The van der Waals surface area contributed by atoms with E-state index in [1.807, 2.05) is 0 Å². The molecule has 1 aromatic carbocycles. The Bertz CT molecular complexity index is 791. The van der Waals surface area contributed by atoms with Gasteiger partial charge in [-0.05, 0) is 12.1 Å². The SMILES string of the molecule is Nc1[nH+]c(-c2c(O)c3ccccc3oc2=O)cs1. The van der Waals surface area contributed by atoms with Gasteiger partial charge in [-0.2, -0.15) is 0 Å². The van der Waals surface area contributed by atoms with Gasteiger partial charge in [0.2, 0.25) is 0 Å². The molecule has 0 aliphatic heterocycles. The molecule has 0 unspecified atom stereocenters. The van der Waals surface area contributed by atoms with Crippen LogP contribution in [0.4, 0.5) is 5.13 Å². The maximum Gasteiger partial charge on any atom is 0.351 e. The number of aromatic hydroxyl groups is 1. The molecule has 3 rings (SSSR count). The number of hydrogen-bond acceptors (Lipinski definition) is 5. The van der Waals surface area contributed by atoms with E-state index < -0.39 is 5.63 Å². The predicted octanol–water partition coefficient (Wildman–Crippen LogP) is 1.62. The predicted molar refractivity (Wildman–Crippen MR) is 68.4 cm³/mol. The number of hydrogen-bond donors (Lipinski definition) is 2. The van der Waals surface area contributed by atoms with Crippen LogP contribution in [-0.4, -0.2) is 5.11 Å². The average Bonchev–Trinajstić information content (AvgIpc) is 2.76. The van der Waals surface area contributed by atoms with Crippen LogP contribution in [0.1, 0.15) is 0 Å². The van der Waals surface area contributed by atoms with Crippen molar-refractivity contribution in [3.05, 3.63) is 40.1 Å². The number of aromatic nitrogens is 1. The molecule has 0 saturated carbocycles. The summed E-state index contributed by atoms with van der Waals surface area (Å²) >= 11 is 1.25. The van der Waals surface area contributed by atoms with Crippen molar-refractivity contribution in [2.45, 2.75) is 0 Å². The number of aromatic amines is 1. The van der Waals surface area contributed by atoms with Crippen molar-refractivity contribution in [1.29, 1.82) is 0 Å². The van der Waals surface area contributed by atoms with Crippen LogP contribution in [0, 0.1) is 0 Å². The second kappa shape index (κ2) is 3.85. The number of H-pyrrole nitrogens is 1. The van der Waals surface area contributed by atoms with Crippen LogP contribution in [0.15, 0.2) is 38.9 Å². The van der Waals surface area contributed by atoms with Gasteiger partial charge in [-0.25, -0.2) is 9.78 Å². The van der Waals surface area contributed by atoms with E-state index in [0.717, 1.165) is 0 Å². The Morgan fingerprint density at radius 3 is 2.83 bits per heavy atom. The van der Waals surface area contributed by atoms with Crippen LogP contribution in [0.25, 0.3) is 22.2 Å². The van der Waals surface area contributed by atoms with Crippen LogP contribution in [0.5, 0.6) is 5.75 Å². The van der Waals surface area contributed by atoms with Crippen LogP contribution >= 0.6 is 11.3 Å². The molecule has 0 amide bonds. The molecule has 3 aromatic rings. The van der Waals surface area contributed by atoms with E-state index in [0.29, 0.717) is 21.8 Å². The van der Waals surface area contributed by atoms with Gasteiger partial charge >= 0.3 is 10.8 Å². The zero-order valence-electron chi connectivity index (χ0n) is 9.14. The first-order valence-electron chi connectivity index (χ1n) is 5.18. The van der Waals surface area contributed by atoms with E-state index in [1.165, 1.54) is 11.3 Å². The van der Waals surface area contributed by atoms with Gasteiger partial charge in [0.25, 0.3) is 0 Å². The Morgan fingerprint density at radius 2 is 2.11 bits per heavy atom. The molecule has 6 heteroatoms. The van der Waals surface area contributed by atoms with Gasteiger partial charge in [0, 0.05) is 5.38 Å². The van der Waals surface area contributed by atoms with E-state index in [-0.39, 0.29) is 11.3 Å². The minimum absolute atomic E-state index is 0.0988. The number of rotatable bonds is 1. The summed E-state index contributed by atoms with van der Waals surface area (Å²) in [7, 11) is 0. The molecule has 0 aliphatic carbocycles. The molecule has 2 heterocycles. The third-order valence-electron chi connectivity index (χ3n) is 2.62. The fourth-order valence-corrected chi connectivity index (χ4v) is 2.40. The lowest BCUT2D eigenvalue weighted by Crippen LogP contribution is -2.12. The molecule has 2 aromatic heterocycles. The number of fused-ring (bicyclic) bond motifs is 1. The Kier molecular flexibility index (Phi) is 2.31. The van der Waals surface area contributed by atoms with Crippen LogP contribution in [0.3, 0.4) is 0 Å². The lowest BCUT2D eigenvalue weighted by molar-refractivity contribution is -0.340. The second-order valence-corrected chi connectivity index (χ2v) is 4.66. The molecular weight excluding hydrogens is 252 g/mol. The monoisotopic (exact) mass is 261 g/mol. The smallest absolute Gasteiger partial charge is 0.351 e. The molecule has 18 heavy (non-hydrogen) atoms. The summed E-state index contributed by atoms with van der Waals surface area (Å²) in [5, 5.41) is 12.8. The van der Waals surface area contributed by atoms with Gasteiger partial charge in [-0.1, -0.05) is 23.5 Å². The third kappa shape index (κ3) is 1.54. The fraction of sp³-hybridized carbons (Fsp3) is 0. The molecule has 0 aliphatic rings. The highest BCUT2D eigenvalue weighted by Gasteiger charge is 2.19. The van der Waals surface area contributed by atoms with Crippen molar-refractivity contribution in [2.24, 2.45) is 0 Å². The largest absolute Gasteiger partial charge is 0.506 e. The number of nitrogens with one attached hydrogen (secondary N) is 1. The summed E-state index contributed by atoms with van der Waals surface area (Å²) in [6.07, 6.45) is 0. The highest BCUT2D eigenvalue weighted by atomic mass is 32.1. The van der Waals surface area contributed by atoms with E-state index in [9.17, 15) is 9.90 Å². The summed E-state index contributed by atoms with van der Waals surface area (Å²) in [6, 6.07) is 6.81. The summed E-state index contributed by atoms with van der Waals surface area (Å²) in [4.78, 5) is 14.7. The van der Waals surface area contributed by atoms with E-state index in [2.05, 4.69) is 4.98 Å². The first-order valence-corrected chi connectivity index (χ1v) is 6.06. The van der Waals surface area contributed by atoms with E-state index in [4.69, 9.17) is 10.2 Å². The van der Waals surface area contributed by atoms with Crippen LogP contribution < -0.4 is 16.3 Å². The van der Waals surface area contributed by atoms with E-state index >= 15 is 0 Å². The molecule has 0 fully saturated rings. The Hall–Kier alpha value is -2.34. The lowest BCUT2D eigenvalue weighted by atomic mass is 10.1.